The monoisotopic (exact) mass is 427 g/mol. The second-order valence-corrected chi connectivity index (χ2v) is 8.21. The number of amides is 2. The predicted octanol–water partition coefficient (Wildman–Crippen LogP) is 3.41. The number of benzene rings is 2. The molecule has 0 saturated carbocycles. The summed E-state index contributed by atoms with van der Waals surface area (Å²) >= 11 is 0. The summed E-state index contributed by atoms with van der Waals surface area (Å²) in [5.41, 5.74) is 1.46. The third kappa shape index (κ3) is 4.06. The van der Waals surface area contributed by atoms with Gasteiger partial charge in [-0.3, -0.25) is 14.0 Å². The lowest BCUT2D eigenvalue weighted by molar-refractivity contribution is -0.132. The Bertz CT molecular complexity index is 1270. The minimum Gasteiger partial charge on any atom is -0.352 e. The molecule has 1 fully saturated rings. The molecule has 3 heterocycles. The van der Waals surface area contributed by atoms with E-state index in [4.69, 9.17) is 0 Å². The van der Waals surface area contributed by atoms with Gasteiger partial charge >= 0.3 is 0 Å². The van der Waals surface area contributed by atoms with Crippen LogP contribution in [0, 0.1) is 0 Å². The van der Waals surface area contributed by atoms with Gasteiger partial charge < -0.3 is 10.2 Å². The van der Waals surface area contributed by atoms with Crippen LogP contribution in [-0.2, 0) is 4.79 Å². The number of rotatable bonds is 5. The van der Waals surface area contributed by atoms with Crippen LogP contribution in [0.25, 0.3) is 16.4 Å². The third-order valence-electron chi connectivity index (χ3n) is 6.19. The molecule has 0 unspecified atom stereocenters. The fourth-order valence-corrected chi connectivity index (χ4v) is 4.40. The first-order valence-corrected chi connectivity index (χ1v) is 11.0. The Morgan fingerprint density at radius 2 is 1.72 bits per heavy atom. The number of pyridine rings is 1. The Balaban J connectivity index is 1.11. The summed E-state index contributed by atoms with van der Waals surface area (Å²) in [6.45, 7) is 1.73. The lowest BCUT2D eigenvalue weighted by Gasteiger charge is -2.31. The number of fused-ring (bicyclic) bond motifs is 2. The quantitative estimate of drug-likeness (QED) is 0.529. The second-order valence-electron chi connectivity index (χ2n) is 8.21. The topological polar surface area (TPSA) is 79.6 Å². The van der Waals surface area contributed by atoms with Crippen molar-refractivity contribution in [3.05, 3.63) is 78.2 Å². The van der Waals surface area contributed by atoms with Crippen LogP contribution in [-0.4, -0.2) is 50.9 Å². The van der Waals surface area contributed by atoms with Crippen LogP contribution in [0.5, 0.6) is 0 Å². The molecule has 0 bridgehead atoms. The lowest BCUT2D eigenvalue weighted by atomic mass is 9.95. The van der Waals surface area contributed by atoms with E-state index in [1.165, 1.54) is 0 Å². The summed E-state index contributed by atoms with van der Waals surface area (Å²) < 4.78 is 2.03. The molecule has 2 aromatic carbocycles. The first-order valence-electron chi connectivity index (χ1n) is 11.0. The zero-order valence-corrected chi connectivity index (χ0v) is 17.8. The number of carbonyl (C=O) groups excluding carboxylic acids is 2. The number of piperidine rings is 1. The number of nitrogens with one attached hydrogen (secondary N) is 1. The van der Waals surface area contributed by atoms with Gasteiger partial charge in [0.05, 0.1) is 0 Å². The number of nitrogens with zero attached hydrogens (tertiary/aromatic N) is 4. The van der Waals surface area contributed by atoms with Gasteiger partial charge in [-0.1, -0.05) is 36.4 Å². The van der Waals surface area contributed by atoms with E-state index < -0.39 is 0 Å². The molecule has 2 aromatic heterocycles. The highest BCUT2D eigenvalue weighted by Gasteiger charge is 2.26. The Morgan fingerprint density at radius 3 is 2.56 bits per heavy atom. The number of hydrogen-bond donors (Lipinski definition) is 1. The summed E-state index contributed by atoms with van der Waals surface area (Å²) in [7, 11) is 0. The Kier molecular flexibility index (Phi) is 5.54. The van der Waals surface area contributed by atoms with E-state index in [-0.39, 0.29) is 11.8 Å². The molecule has 0 spiro atoms. The van der Waals surface area contributed by atoms with Crippen LogP contribution in [0.4, 0.5) is 0 Å². The molecular formula is C25H25N5O2. The van der Waals surface area contributed by atoms with Gasteiger partial charge in [0, 0.05) is 43.7 Å². The highest BCUT2D eigenvalue weighted by molar-refractivity contribution is 5.98. The fraction of sp³-hybridized carbons (Fsp3) is 0.280. The van der Waals surface area contributed by atoms with Crippen molar-refractivity contribution in [3.8, 4) is 0 Å². The van der Waals surface area contributed by atoms with Gasteiger partial charge in [0.25, 0.3) is 5.91 Å². The average Bonchev–Trinajstić information content (AvgIpc) is 3.28. The van der Waals surface area contributed by atoms with Gasteiger partial charge in [-0.05, 0) is 47.9 Å². The van der Waals surface area contributed by atoms with Crippen molar-refractivity contribution in [3.63, 3.8) is 0 Å². The Labute approximate surface area is 186 Å². The normalized spacial score (nSPS) is 14.7. The molecule has 1 aliphatic heterocycles. The SMILES string of the molecule is O=C(NCCC(=O)N1CCC(c2nnc3ccccn23)CC1)c1ccc2ccccc2c1. The van der Waals surface area contributed by atoms with Crippen LogP contribution in [0.2, 0.25) is 0 Å². The average molecular weight is 428 g/mol. The number of hydrogen-bond acceptors (Lipinski definition) is 4. The standard InChI is InChI=1S/C25H25N5O2/c31-23(10-13-26-25(32)21-9-8-18-5-1-2-6-20(18)17-21)29-15-11-19(12-16-29)24-28-27-22-7-3-4-14-30(22)24/h1-9,14,17,19H,10-13,15-16H2,(H,26,32). The van der Waals surface area contributed by atoms with Crippen molar-refractivity contribution in [1.29, 1.82) is 0 Å². The highest BCUT2D eigenvalue weighted by atomic mass is 16.2. The van der Waals surface area contributed by atoms with Crippen LogP contribution < -0.4 is 5.32 Å². The Morgan fingerprint density at radius 1 is 0.938 bits per heavy atom. The van der Waals surface area contributed by atoms with Crippen LogP contribution >= 0.6 is 0 Å². The molecule has 5 rings (SSSR count). The van der Waals surface area contributed by atoms with Crippen molar-refractivity contribution in [2.24, 2.45) is 0 Å². The third-order valence-corrected chi connectivity index (χ3v) is 6.19. The van der Waals surface area contributed by atoms with Gasteiger partial charge in [0.15, 0.2) is 5.65 Å². The summed E-state index contributed by atoms with van der Waals surface area (Å²) in [6, 6.07) is 19.5. The molecule has 4 aromatic rings. The first kappa shape index (κ1) is 20.2. The molecule has 0 atom stereocenters. The molecule has 1 saturated heterocycles. The minimum absolute atomic E-state index is 0.0772. The molecule has 0 aliphatic carbocycles. The molecule has 2 amide bonds. The van der Waals surface area contributed by atoms with Crippen molar-refractivity contribution in [2.75, 3.05) is 19.6 Å². The van der Waals surface area contributed by atoms with Crippen molar-refractivity contribution < 1.29 is 9.59 Å². The minimum atomic E-state index is -0.152. The second kappa shape index (κ2) is 8.78. The maximum absolute atomic E-state index is 12.6. The molecule has 32 heavy (non-hydrogen) atoms. The molecule has 7 nitrogen and oxygen atoms in total. The molecule has 0 radical (unpaired) electrons. The smallest absolute Gasteiger partial charge is 0.251 e. The van der Waals surface area contributed by atoms with Crippen LogP contribution in [0.15, 0.2) is 66.9 Å². The van der Waals surface area contributed by atoms with Gasteiger partial charge in [0.2, 0.25) is 5.91 Å². The molecule has 1 N–H and O–H groups in total. The van der Waals surface area contributed by atoms with E-state index in [1.807, 2.05) is 76.2 Å². The maximum atomic E-state index is 12.6. The summed E-state index contributed by atoms with van der Waals surface area (Å²) in [5.74, 6) is 1.19. The maximum Gasteiger partial charge on any atom is 0.251 e. The van der Waals surface area contributed by atoms with E-state index >= 15 is 0 Å². The Hall–Kier alpha value is -3.74. The largest absolute Gasteiger partial charge is 0.352 e. The number of aromatic nitrogens is 3. The van der Waals surface area contributed by atoms with Gasteiger partial charge in [-0.25, -0.2) is 0 Å². The number of likely N-dealkylation sites (tertiary alicyclic amines) is 1. The lowest BCUT2D eigenvalue weighted by Crippen LogP contribution is -2.39. The van der Waals surface area contributed by atoms with Crippen molar-refractivity contribution in [1.82, 2.24) is 24.8 Å². The number of carbonyl (C=O) groups is 2. The zero-order chi connectivity index (χ0) is 21.9. The first-order chi connectivity index (χ1) is 15.7. The van der Waals surface area contributed by atoms with Crippen molar-refractivity contribution in [2.45, 2.75) is 25.2 Å². The molecule has 7 heteroatoms. The highest BCUT2D eigenvalue weighted by Crippen LogP contribution is 2.27. The van der Waals surface area contributed by atoms with Gasteiger partial charge in [-0.2, -0.15) is 0 Å². The van der Waals surface area contributed by atoms with Crippen LogP contribution in [0.1, 0.15) is 41.4 Å². The van der Waals surface area contributed by atoms with E-state index in [1.54, 1.807) is 0 Å². The molecular weight excluding hydrogens is 402 g/mol. The summed E-state index contributed by atoms with van der Waals surface area (Å²) in [6.07, 6.45) is 4.02. The van der Waals surface area contributed by atoms with Crippen molar-refractivity contribution >= 4 is 28.2 Å². The molecule has 162 valence electrons. The van der Waals surface area contributed by atoms with E-state index in [2.05, 4.69) is 15.5 Å². The predicted molar refractivity (Wildman–Crippen MR) is 122 cm³/mol. The van der Waals surface area contributed by atoms with Gasteiger partial charge in [0.1, 0.15) is 5.82 Å². The van der Waals surface area contributed by atoms with Gasteiger partial charge in [-0.15, -0.1) is 10.2 Å². The molecule has 1 aliphatic rings. The van der Waals surface area contributed by atoms with E-state index in [0.29, 0.717) is 37.5 Å². The fourth-order valence-electron chi connectivity index (χ4n) is 4.40. The zero-order valence-electron chi connectivity index (χ0n) is 17.8. The summed E-state index contributed by atoms with van der Waals surface area (Å²) in [4.78, 5) is 27.0. The van der Waals surface area contributed by atoms with Crippen LogP contribution in [0.3, 0.4) is 0 Å². The van der Waals surface area contributed by atoms with E-state index in [9.17, 15) is 9.59 Å². The van der Waals surface area contributed by atoms with E-state index in [0.717, 1.165) is 35.1 Å². The summed E-state index contributed by atoms with van der Waals surface area (Å²) in [5, 5.41) is 13.6.